The highest BCUT2D eigenvalue weighted by molar-refractivity contribution is 4.82. The minimum Gasteiger partial charge on any atom is -1.00 e. The molecule has 0 aliphatic heterocycles. The fraction of sp³-hybridized carbons (Fsp3) is 1.00. The van der Waals surface area contributed by atoms with E-state index in [-0.39, 0.29) is 19.9 Å². The van der Waals surface area contributed by atoms with E-state index in [1.54, 1.807) is 20.8 Å². The van der Waals surface area contributed by atoms with E-state index in [9.17, 15) is 0 Å². The van der Waals surface area contributed by atoms with Crippen LogP contribution < -0.4 is 23.4 Å². The van der Waals surface area contributed by atoms with Crippen molar-refractivity contribution in [3.8, 4) is 0 Å². The predicted molar refractivity (Wildman–Crippen MR) is 34.5 cm³/mol. The highest BCUT2D eigenvalue weighted by Gasteiger charge is 2.23. The fourth-order valence-corrected chi connectivity index (χ4v) is 0.258. The molecule has 0 spiro atoms. The summed E-state index contributed by atoms with van der Waals surface area (Å²) in [7, 11) is 0. The summed E-state index contributed by atoms with van der Waals surface area (Å²) in [4.78, 5) is 0. The maximum Gasteiger partial charge on any atom is 1.00 e. The van der Waals surface area contributed by atoms with Crippen molar-refractivity contribution in [1.29, 1.82) is 0 Å². The molecule has 0 saturated heterocycles. The van der Waals surface area contributed by atoms with Gasteiger partial charge in [0, 0.05) is 6.04 Å². The summed E-state index contributed by atoms with van der Waals surface area (Å²) in [6.07, 6.45) is 0. The van der Waals surface area contributed by atoms with Crippen LogP contribution in [0.15, 0.2) is 0 Å². The number of hydroxylamine groups is 2. The molecule has 1 unspecified atom stereocenters. The van der Waals surface area contributed by atoms with Gasteiger partial charge in [0.05, 0.1) is 5.54 Å². The smallest absolute Gasteiger partial charge is 1.00 e. The van der Waals surface area contributed by atoms with Gasteiger partial charge in [-0.1, -0.05) is 0 Å². The van der Waals surface area contributed by atoms with Crippen molar-refractivity contribution in [1.82, 2.24) is 11.0 Å². The third-order valence-electron chi connectivity index (χ3n) is 1.56. The van der Waals surface area contributed by atoms with Gasteiger partial charge in [0.2, 0.25) is 0 Å². The second-order valence-electron chi connectivity index (χ2n) is 2.68. The molecule has 0 radical (unpaired) electrons. The lowest BCUT2D eigenvalue weighted by molar-refractivity contribution is -0.00000461. The van der Waals surface area contributed by atoms with Crippen LogP contribution in [0.5, 0.6) is 0 Å². The second-order valence-corrected chi connectivity index (χ2v) is 2.68. The first-order valence-corrected chi connectivity index (χ1v) is 2.85. The lowest BCUT2D eigenvalue weighted by Crippen LogP contribution is -3.00. The van der Waals surface area contributed by atoms with E-state index in [1.807, 2.05) is 5.48 Å². The van der Waals surface area contributed by atoms with E-state index in [0.29, 0.717) is 0 Å². The molecule has 5 heteroatoms. The summed E-state index contributed by atoms with van der Waals surface area (Å²) in [5.74, 6) is 0. The number of rotatable bonds is 3. The minimum absolute atomic E-state index is 0. The highest BCUT2D eigenvalue weighted by atomic mass is 35.5. The van der Waals surface area contributed by atoms with Gasteiger partial charge in [-0.2, -0.15) is 5.48 Å². The second kappa shape index (κ2) is 4.87. The minimum atomic E-state index is -0.505. The van der Waals surface area contributed by atoms with Crippen molar-refractivity contribution in [2.75, 3.05) is 0 Å². The average Bonchev–Trinajstić information content (AvgIpc) is 1.86. The van der Waals surface area contributed by atoms with Crippen molar-refractivity contribution < 1.29 is 24.2 Å². The van der Waals surface area contributed by atoms with E-state index in [2.05, 4.69) is 5.48 Å². The number of nitrogens with one attached hydrogen (secondary N) is 2. The first-order chi connectivity index (χ1) is 4.04. The standard InChI is InChI=1S/C5H14N2O2.ClH/c1-4(6-8)5(2,3)7-9;/h4,6-9H,1-3H3;1H. The zero-order valence-corrected chi connectivity index (χ0v) is 7.11. The van der Waals surface area contributed by atoms with Gasteiger partial charge in [-0.25, -0.2) is 5.48 Å². The van der Waals surface area contributed by atoms with Crippen LogP contribution in [0.25, 0.3) is 0 Å². The van der Waals surface area contributed by atoms with E-state index in [4.69, 9.17) is 10.4 Å². The number of hydrogen-bond acceptors (Lipinski definition) is 4. The lowest BCUT2D eigenvalue weighted by atomic mass is 9.98. The molecule has 0 aromatic heterocycles. The van der Waals surface area contributed by atoms with E-state index in [1.165, 1.54) is 0 Å². The third kappa shape index (κ3) is 3.34. The quantitative estimate of drug-likeness (QED) is 0.347. The summed E-state index contributed by atoms with van der Waals surface area (Å²) < 4.78 is 0. The van der Waals surface area contributed by atoms with Gasteiger partial charge in [0.1, 0.15) is 0 Å². The van der Waals surface area contributed by atoms with Crippen LogP contribution >= 0.6 is 0 Å². The third-order valence-corrected chi connectivity index (χ3v) is 1.56. The molecule has 10 heavy (non-hydrogen) atoms. The number of halogens is 1. The Labute approximate surface area is 68.4 Å². The molecular formula is C5H15ClN2O2. The Morgan fingerprint density at radius 2 is 1.80 bits per heavy atom. The van der Waals surface area contributed by atoms with Crippen LogP contribution in [0, 0.1) is 0 Å². The SMILES string of the molecule is CC(NO)C(C)(C)NO.[Cl-].[H+]. The largest absolute Gasteiger partial charge is 1.00 e. The van der Waals surface area contributed by atoms with Gasteiger partial charge < -0.3 is 22.8 Å². The lowest BCUT2D eigenvalue weighted by Gasteiger charge is -2.28. The molecule has 0 aliphatic carbocycles. The maximum atomic E-state index is 8.49. The fourth-order valence-electron chi connectivity index (χ4n) is 0.258. The Balaban J connectivity index is -0.000000320. The monoisotopic (exact) mass is 170 g/mol. The molecule has 0 fully saturated rings. The summed E-state index contributed by atoms with van der Waals surface area (Å²) in [6, 6.07) is -0.192. The van der Waals surface area contributed by atoms with Crippen molar-refractivity contribution in [3.05, 3.63) is 0 Å². The van der Waals surface area contributed by atoms with Crippen molar-refractivity contribution in [2.45, 2.75) is 32.4 Å². The van der Waals surface area contributed by atoms with Gasteiger partial charge in [-0.15, -0.1) is 0 Å². The summed E-state index contributed by atoms with van der Waals surface area (Å²) in [6.45, 7) is 5.28. The molecule has 0 rings (SSSR count). The average molecular weight is 171 g/mol. The van der Waals surface area contributed by atoms with E-state index in [0.717, 1.165) is 0 Å². The van der Waals surface area contributed by atoms with Crippen LogP contribution in [0.3, 0.4) is 0 Å². The molecule has 0 aliphatic rings. The molecule has 0 aromatic carbocycles. The van der Waals surface area contributed by atoms with Gasteiger partial charge in [-0.3, -0.25) is 0 Å². The zero-order valence-electron chi connectivity index (χ0n) is 7.35. The van der Waals surface area contributed by atoms with Crippen molar-refractivity contribution in [2.24, 2.45) is 0 Å². The molecule has 4 nitrogen and oxygen atoms in total. The molecule has 0 saturated carbocycles. The molecular weight excluding hydrogens is 156 g/mol. The van der Waals surface area contributed by atoms with Crippen LogP contribution in [0.1, 0.15) is 22.2 Å². The van der Waals surface area contributed by atoms with Crippen LogP contribution in [-0.4, -0.2) is 22.0 Å². The molecule has 0 heterocycles. The van der Waals surface area contributed by atoms with E-state index < -0.39 is 5.54 Å². The van der Waals surface area contributed by atoms with E-state index >= 15 is 0 Å². The van der Waals surface area contributed by atoms with Gasteiger partial charge in [0.25, 0.3) is 0 Å². The summed E-state index contributed by atoms with van der Waals surface area (Å²) >= 11 is 0. The predicted octanol–water partition coefficient (Wildman–Crippen LogP) is -2.77. The molecule has 1 atom stereocenters. The zero-order chi connectivity index (χ0) is 7.49. The first-order valence-electron chi connectivity index (χ1n) is 2.85. The van der Waals surface area contributed by atoms with Gasteiger partial charge in [-0.05, 0) is 20.8 Å². The van der Waals surface area contributed by atoms with Crippen LogP contribution in [0.4, 0.5) is 0 Å². The van der Waals surface area contributed by atoms with Crippen LogP contribution in [-0.2, 0) is 0 Å². The van der Waals surface area contributed by atoms with Gasteiger partial charge >= 0.3 is 1.43 Å². The summed E-state index contributed by atoms with van der Waals surface area (Å²) in [5.41, 5.74) is 3.60. The topological polar surface area (TPSA) is 64.5 Å². The Morgan fingerprint density at radius 3 is 1.90 bits per heavy atom. The molecule has 0 amide bonds. The molecule has 0 aromatic rings. The molecule has 0 bridgehead atoms. The Hall–Kier alpha value is 0.130. The van der Waals surface area contributed by atoms with Crippen LogP contribution in [0.2, 0.25) is 0 Å². The Bertz CT molecular complexity index is 94.6. The van der Waals surface area contributed by atoms with Crippen molar-refractivity contribution >= 4 is 0 Å². The van der Waals surface area contributed by atoms with Gasteiger partial charge in [0.15, 0.2) is 0 Å². The Morgan fingerprint density at radius 1 is 1.40 bits per heavy atom. The highest BCUT2D eigenvalue weighted by Crippen LogP contribution is 2.05. The molecule has 4 N–H and O–H groups in total. The number of hydrogen-bond donors (Lipinski definition) is 4. The maximum absolute atomic E-state index is 8.49. The molecule has 64 valence electrons. The summed E-state index contributed by atoms with van der Waals surface area (Å²) in [5, 5.41) is 16.9. The first kappa shape index (κ1) is 12.8. The Kier molecular flexibility index (Phi) is 6.22. The van der Waals surface area contributed by atoms with Crippen molar-refractivity contribution in [3.63, 3.8) is 0 Å². The normalized spacial score (nSPS) is 14.1.